The molecule has 5 nitrogen and oxygen atoms in total. The highest BCUT2D eigenvalue weighted by Gasteiger charge is 2.42. The number of carbonyl (C=O) groups excluding carboxylic acids is 2. The molecule has 1 rings (SSSR count). The van der Waals surface area contributed by atoms with Crippen LogP contribution >= 0.6 is 0 Å². The third-order valence-electron chi connectivity index (χ3n) is 2.83. The third-order valence-corrected chi connectivity index (χ3v) is 2.83. The van der Waals surface area contributed by atoms with Crippen LogP contribution in [-0.4, -0.2) is 41.3 Å². The number of hydrogen-bond donors (Lipinski definition) is 0. The van der Waals surface area contributed by atoms with Gasteiger partial charge in [-0.05, 0) is 47.0 Å². The molecule has 0 aromatic heterocycles. The van der Waals surface area contributed by atoms with Crippen molar-refractivity contribution in [1.82, 2.24) is 4.90 Å². The molecule has 19 heavy (non-hydrogen) atoms. The van der Waals surface area contributed by atoms with E-state index in [9.17, 15) is 9.59 Å². The normalized spacial score (nSPS) is 16.7. The molecule has 0 unspecified atom stereocenters. The van der Waals surface area contributed by atoms with E-state index in [-0.39, 0.29) is 12.0 Å². The predicted octanol–water partition coefficient (Wildman–Crippen LogP) is 2.73. The highest BCUT2D eigenvalue weighted by Crippen LogP contribution is 2.31. The lowest BCUT2D eigenvalue weighted by Gasteiger charge is -2.31. The van der Waals surface area contributed by atoms with Gasteiger partial charge < -0.3 is 9.47 Å². The summed E-state index contributed by atoms with van der Waals surface area (Å²) in [4.78, 5) is 25.8. The number of amides is 1. The summed E-state index contributed by atoms with van der Waals surface area (Å²) in [5.74, 6) is -0.345. The molecule has 1 amide bonds. The Balaban J connectivity index is 2.80. The molecule has 0 radical (unpaired) electrons. The van der Waals surface area contributed by atoms with Crippen LogP contribution in [0.15, 0.2) is 0 Å². The molecule has 0 aromatic carbocycles. The Labute approximate surface area is 115 Å². The minimum atomic E-state index is -0.558. The van der Waals surface area contributed by atoms with Gasteiger partial charge in [0, 0.05) is 6.04 Å². The van der Waals surface area contributed by atoms with Gasteiger partial charge >= 0.3 is 12.1 Å². The smallest absolute Gasteiger partial charge is 0.411 e. The van der Waals surface area contributed by atoms with Crippen LogP contribution in [0.4, 0.5) is 4.79 Å². The molecular formula is C14H25NO4. The van der Waals surface area contributed by atoms with E-state index in [0.29, 0.717) is 13.0 Å². The first kappa shape index (κ1) is 15.8. The first-order valence-corrected chi connectivity index (χ1v) is 6.98. The summed E-state index contributed by atoms with van der Waals surface area (Å²) < 4.78 is 10.4. The number of nitrogens with zero attached hydrogens (tertiary/aromatic N) is 1. The topological polar surface area (TPSA) is 55.8 Å². The summed E-state index contributed by atoms with van der Waals surface area (Å²) in [6.07, 6.45) is 1.97. The summed E-state index contributed by atoms with van der Waals surface area (Å²) >= 11 is 0. The van der Waals surface area contributed by atoms with Crippen molar-refractivity contribution in [1.29, 1.82) is 0 Å². The Morgan fingerprint density at radius 1 is 1.26 bits per heavy atom. The van der Waals surface area contributed by atoms with Gasteiger partial charge in [0.25, 0.3) is 0 Å². The highest BCUT2D eigenvalue weighted by atomic mass is 16.6. The van der Waals surface area contributed by atoms with Crippen molar-refractivity contribution in [2.45, 2.75) is 71.6 Å². The summed E-state index contributed by atoms with van der Waals surface area (Å²) in [7, 11) is 0. The molecule has 1 saturated carbocycles. The maximum absolute atomic E-state index is 12.2. The van der Waals surface area contributed by atoms with Crippen LogP contribution in [0.1, 0.15) is 53.9 Å². The lowest BCUT2D eigenvalue weighted by atomic mass is 10.2. The molecule has 0 heterocycles. The summed E-state index contributed by atoms with van der Waals surface area (Å²) in [6.45, 7) is 9.42. The van der Waals surface area contributed by atoms with Crippen LogP contribution in [0.25, 0.3) is 0 Å². The van der Waals surface area contributed by atoms with Crippen LogP contribution in [-0.2, 0) is 14.3 Å². The van der Waals surface area contributed by atoms with Crippen molar-refractivity contribution in [3.05, 3.63) is 0 Å². The molecule has 0 N–H and O–H groups in total. The number of rotatable bonds is 5. The number of carbonyl (C=O) groups is 2. The second-order valence-electron chi connectivity index (χ2n) is 5.79. The molecule has 0 aliphatic heterocycles. The average molecular weight is 271 g/mol. The average Bonchev–Trinajstić information content (AvgIpc) is 3.06. The first-order valence-electron chi connectivity index (χ1n) is 6.98. The van der Waals surface area contributed by atoms with Crippen LogP contribution in [0.3, 0.4) is 0 Å². The Bertz CT molecular complexity index is 331. The lowest BCUT2D eigenvalue weighted by Crippen LogP contribution is -2.48. The van der Waals surface area contributed by atoms with Crippen LogP contribution in [0.2, 0.25) is 0 Å². The molecule has 0 saturated heterocycles. The SMILES string of the molecule is CCOC(=O)[C@H](CC)N(C(=O)OC(C)(C)C)C1CC1. The van der Waals surface area contributed by atoms with Crippen molar-refractivity contribution >= 4 is 12.1 Å². The van der Waals surface area contributed by atoms with E-state index in [1.165, 1.54) is 0 Å². The summed E-state index contributed by atoms with van der Waals surface area (Å²) in [5, 5.41) is 0. The van der Waals surface area contributed by atoms with E-state index < -0.39 is 17.7 Å². The van der Waals surface area contributed by atoms with Gasteiger partial charge in [0.2, 0.25) is 0 Å². The fraction of sp³-hybridized carbons (Fsp3) is 0.857. The lowest BCUT2D eigenvalue weighted by molar-refractivity contribution is -0.149. The van der Waals surface area contributed by atoms with E-state index in [0.717, 1.165) is 12.8 Å². The first-order chi connectivity index (χ1) is 8.80. The van der Waals surface area contributed by atoms with Crippen molar-refractivity contribution in [2.75, 3.05) is 6.61 Å². The third kappa shape index (κ3) is 4.73. The second-order valence-corrected chi connectivity index (χ2v) is 5.79. The molecule has 1 aliphatic carbocycles. The van der Waals surface area contributed by atoms with Gasteiger partial charge in [-0.25, -0.2) is 9.59 Å². The van der Waals surface area contributed by atoms with Crippen molar-refractivity contribution < 1.29 is 19.1 Å². The molecule has 0 spiro atoms. The number of esters is 1. The Morgan fingerprint density at radius 2 is 1.84 bits per heavy atom. The minimum Gasteiger partial charge on any atom is -0.464 e. The molecule has 0 aromatic rings. The Morgan fingerprint density at radius 3 is 2.21 bits per heavy atom. The molecule has 0 bridgehead atoms. The molecule has 1 atom stereocenters. The van der Waals surface area contributed by atoms with Crippen LogP contribution in [0.5, 0.6) is 0 Å². The predicted molar refractivity (Wildman–Crippen MR) is 71.8 cm³/mol. The fourth-order valence-electron chi connectivity index (χ4n) is 1.91. The van der Waals surface area contributed by atoms with Gasteiger partial charge in [-0.15, -0.1) is 0 Å². The summed E-state index contributed by atoms with van der Waals surface area (Å²) in [5.41, 5.74) is -0.558. The number of hydrogen-bond acceptors (Lipinski definition) is 4. The van der Waals surface area contributed by atoms with Gasteiger partial charge in [0.1, 0.15) is 11.6 Å². The zero-order valence-electron chi connectivity index (χ0n) is 12.6. The van der Waals surface area contributed by atoms with Crippen molar-refractivity contribution in [3.8, 4) is 0 Å². The van der Waals surface area contributed by atoms with Crippen molar-refractivity contribution in [3.63, 3.8) is 0 Å². The maximum atomic E-state index is 12.2. The van der Waals surface area contributed by atoms with E-state index in [1.54, 1.807) is 11.8 Å². The number of ether oxygens (including phenoxy) is 2. The van der Waals surface area contributed by atoms with Gasteiger partial charge in [-0.1, -0.05) is 6.92 Å². The van der Waals surface area contributed by atoms with Gasteiger partial charge in [0.15, 0.2) is 0 Å². The Hall–Kier alpha value is -1.26. The zero-order valence-corrected chi connectivity index (χ0v) is 12.6. The van der Waals surface area contributed by atoms with Gasteiger partial charge in [-0.2, -0.15) is 0 Å². The molecule has 110 valence electrons. The van der Waals surface area contributed by atoms with Gasteiger partial charge in [0.05, 0.1) is 6.61 Å². The maximum Gasteiger partial charge on any atom is 0.411 e. The van der Waals surface area contributed by atoms with E-state index >= 15 is 0 Å². The monoisotopic (exact) mass is 271 g/mol. The van der Waals surface area contributed by atoms with Gasteiger partial charge in [-0.3, -0.25) is 4.90 Å². The largest absolute Gasteiger partial charge is 0.464 e. The standard InChI is InChI=1S/C14H25NO4/c1-6-11(12(16)18-7-2)15(10-8-9-10)13(17)19-14(3,4)5/h10-11H,6-9H2,1-5H3/t11-/m0/s1. The molecule has 1 fully saturated rings. The van der Waals surface area contributed by atoms with Crippen LogP contribution < -0.4 is 0 Å². The van der Waals surface area contributed by atoms with Crippen molar-refractivity contribution in [2.24, 2.45) is 0 Å². The minimum absolute atomic E-state index is 0.115. The molecular weight excluding hydrogens is 246 g/mol. The zero-order chi connectivity index (χ0) is 14.6. The van der Waals surface area contributed by atoms with E-state index in [2.05, 4.69) is 0 Å². The quantitative estimate of drug-likeness (QED) is 0.721. The fourth-order valence-corrected chi connectivity index (χ4v) is 1.91. The van der Waals surface area contributed by atoms with E-state index in [4.69, 9.17) is 9.47 Å². The van der Waals surface area contributed by atoms with Crippen LogP contribution in [0, 0.1) is 0 Å². The molecule has 5 heteroatoms. The highest BCUT2D eigenvalue weighted by molar-refractivity contribution is 5.82. The summed E-state index contributed by atoms with van der Waals surface area (Å²) in [6, 6.07) is -0.425. The Kier molecular flexibility index (Phi) is 5.20. The molecule has 1 aliphatic rings. The van der Waals surface area contributed by atoms with E-state index in [1.807, 2.05) is 27.7 Å². The second kappa shape index (κ2) is 6.26.